The van der Waals surface area contributed by atoms with Crippen LogP contribution in [0.1, 0.15) is 6.92 Å². The second-order valence-electron chi connectivity index (χ2n) is 1.40. The average Bonchev–Trinajstić information content (AvgIpc) is 1.69. The fourth-order valence-corrected chi connectivity index (χ4v) is 0.635. The highest BCUT2D eigenvalue weighted by molar-refractivity contribution is 7.81. The van der Waals surface area contributed by atoms with E-state index in [9.17, 15) is 0 Å². The van der Waals surface area contributed by atoms with Crippen molar-refractivity contribution < 1.29 is 9.47 Å². The lowest BCUT2D eigenvalue weighted by Crippen LogP contribution is -2.12. The van der Waals surface area contributed by atoms with Crippen LogP contribution in [0.15, 0.2) is 0 Å². The number of hydrogen-bond donors (Lipinski definition) is 1. The molecule has 0 bridgehead atoms. The van der Waals surface area contributed by atoms with Gasteiger partial charge in [-0.15, -0.1) is 0 Å². The van der Waals surface area contributed by atoms with Gasteiger partial charge in [0, 0.05) is 14.2 Å². The van der Waals surface area contributed by atoms with Gasteiger partial charge in [-0.3, -0.25) is 0 Å². The van der Waals surface area contributed by atoms with Crippen LogP contribution in [0.4, 0.5) is 0 Å². The quantitative estimate of drug-likeness (QED) is 0.584. The van der Waals surface area contributed by atoms with E-state index in [2.05, 4.69) is 12.6 Å². The van der Waals surface area contributed by atoms with E-state index in [1.807, 2.05) is 6.92 Å². The molecule has 0 aliphatic rings. The van der Waals surface area contributed by atoms with Gasteiger partial charge < -0.3 is 9.47 Å². The maximum Gasteiger partial charge on any atom is 0.236 e. The van der Waals surface area contributed by atoms with Crippen LogP contribution < -0.4 is 0 Å². The summed E-state index contributed by atoms with van der Waals surface area (Å²) in [7, 11) is 3.12. The Morgan fingerprint density at radius 3 is 1.75 bits per heavy atom. The molecule has 0 fully saturated rings. The minimum absolute atomic E-state index is 0.0463. The maximum absolute atomic E-state index is 4.78. The molecule has 0 aromatic carbocycles. The Balaban J connectivity index is 3.35. The largest absolute Gasteiger partial charge is 0.348 e. The Morgan fingerprint density at radius 1 is 1.38 bits per heavy atom. The molecule has 0 rings (SSSR count). The number of rotatable bonds is 3. The fraction of sp³-hybridized carbons (Fsp3) is 0.800. The summed E-state index contributed by atoms with van der Waals surface area (Å²) in [5, 5.41) is 0.0463. The standard InChI is InChI=1S/C5H11O2S/c1-4(8)5(6-2)7-3/h4,8H,1-3H3. The molecule has 0 amide bonds. The van der Waals surface area contributed by atoms with Gasteiger partial charge in [0.2, 0.25) is 6.29 Å². The predicted molar refractivity (Wildman–Crippen MR) is 35.7 cm³/mol. The Morgan fingerprint density at radius 2 is 1.75 bits per heavy atom. The maximum atomic E-state index is 4.78. The summed E-state index contributed by atoms with van der Waals surface area (Å²) < 4.78 is 9.56. The minimum atomic E-state index is 0.0463. The summed E-state index contributed by atoms with van der Waals surface area (Å²) in [5.41, 5.74) is 0. The molecule has 0 heterocycles. The first-order valence-electron chi connectivity index (χ1n) is 2.35. The van der Waals surface area contributed by atoms with Crippen LogP contribution >= 0.6 is 12.6 Å². The zero-order valence-corrected chi connectivity index (χ0v) is 6.24. The van der Waals surface area contributed by atoms with E-state index in [0.29, 0.717) is 6.29 Å². The molecule has 3 heteroatoms. The summed E-state index contributed by atoms with van der Waals surface area (Å²) >= 11 is 4.07. The molecule has 0 saturated carbocycles. The molecule has 0 spiro atoms. The molecule has 0 aliphatic heterocycles. The molecular weight excluding hydrogens is 124 g/mol. The first-order valence-corrected chi connectivity index (χ1v) is 2.87. The molecule has 0 aromatic heterocycles. The van der Waals surface area contributed by atoms with E-state index in [1.54, 1.807) is 14.2 Å². The van der Waals surface area contributed by atoms with Crippen LogP contribution in [0.3, 0.4) is 0 Å². The Labute approximate surface area is 55.6 Å². The van der Waals surface area contributed by atoms with Crippen molar-refractivity contribution >= 4 is 12.6 Å². The summed E-state index contributed by atoms with van der Waals surface area (Å²) in [5.74, 6) is 0. The molecule has 8 heavy (non-hydrogen) atoms. The van der Waals surface area contributed by atoms with Crippen LogP contribution in [0.2, 0.25) is 0 Å². The first kappa shape index (κ1) is 8.27. The molecule has 0 saturated heterocycles. The van der Waals surface area contributed by atoms with Crippen molar-refractivity contribution in [3.63, 3.8) is 0 Å². The molecule has 0 aromatic rings. The summed E-state index contributed by atoms with van der Waals surface area (Å²) in [6.45, 7) is 1.88. The van der Waals surface area contributed by atoms with Crippen molar-refractivity contribution in [3.05, 3.63) is 6.29 Å². The van der Waals surface area contributed by atoms with Crippen LogP contribution in [-0.4, -0.2) is 19.5 Å². The van der Waals surface area contributed by atoms with Crippen molar-refractivity contribution in [3.8, 4) is 0 Å². The highest BCUT2D eigenvalue weighted by Crippen LogP contribution is 2.12. The third kappa shape index (κ3) is 2.55. The number of methoxy groups -OCH3 is 2. The van der Waals surface area contributed by atoms with Crippen molar-refractivity contribution in [1.82, 2.24) is 0 Å². The molecule has 0 N–H and O–H groups in total. The van der Waals surface area contributed by atoms with E-state index >= 15 is 0 Å². The van der Waals surface area contributed by atoms with E-state index in [0.717, 1.165) is 0 Å². The zero-order valence-electron chi connectivity index (χ0n) is 5.34. The van der Waals surface area contributed by atoms with Crippen LogP contribution in [0.5, 0.6) is 0 Å². The normalized spacial score (nSPS) is 14.6. The highest BCUT2D eigenvalue weighted by atomic mass is 32.1. The second-order valence-corrected chi connectivity index (χ2v) is 2.18. The van der Waals surface area contributed by atoms with Gasteiger partial charge in [0.1, 0.15) is 0 Å². The average molecular weight is 135 g/mol. The number of ether oxygens (including phenoxy) is 2. The first-order chi connectivity index (χ1) is 3.72. The Bertz CT molecular complexity index is 52.4. The SMILES string of the molecule is CO[C](OC)C(C)S. The summed E-state index contributed by atoms with van der Waals surface area (Å²) in [6, 6.07) is 0. The molecule has 0 aliphatic carbocycles. The molecule has 1 atom stereocenters. The van der Waals surface area contributed by atoms with Crippen LogP contribution in [0.25, 0.3) is 0 Å². The molecular formula is C5H11O2S. The van der Waals surface area contributed by atoms with Crippen molar-refractivity contribution in [1.29, 1.82) is 0 Å². The lowest BCUT2D eigenvalue weighted by Gasteiger charge is -2.12. The molecule has 1 radical (unpaired) electrons. The van der Waals surface area contributed by atoms with E-state index in [-0.39, 0.29) is 5.25 Å². The van der Waals surface area contributed by atoms with Gasteiger partial charge in [-0.2, -0.15) is 12.6 Å². The van der Waals surface area contributed by atoms with Gasteiger partial charge in [0.15, 0.2) is 0 Å². The highest BCUT2D eigenvalue weighted by Gasteiger charge is 2.12. The predicted octanol–water partition coefficient (Wildman–Crippen LogP) is 1.09. The van der Waals surface area contributed by atoms with Crippen LogP contribution in [0, 0.1) is 6.29 Å². The van der Waals surface area contributed by atoms with Crippen molar-refractivity contribution in [2.75, 3.05) is 14.2 Å². The smallest absolute Gasteiger partial charge is 0.236 e. The zero-order chi connectivity index (χ0) is 6.57. The third-order valence-corrected chi connectivity index (χ3v) is 0.954. The molecule has 1 unspecified atom stereocenters. The summed E-state index contributed by atoms with van der Waals surface area (Å²) in [4.78, 5) is 0. The van der Waals surface area contributed by atoms with Gasteiger partial charge >= 0.3 is 0 Å². The number of hydrogen-bond acceptors (Lipinski definition) is 3. The lowest BCUT2D eigenvalue weighted by molar-refractivity contribution is 0.00396. The second kappa shape index (κ2) is 4.18. The van der Waals surface area contributed by atoms with Gasteiger partial charge in [-0.1, -0.05) is 0 Å². The Kier molecular flexibility index (Phi) is 4.32. The number of thiol groups is 1. The molecule has 2 nitrogen and oxygen atoms in total. The fourth-order valence-electron chi connectivity index (χ4n) is 0.424. The van der Waals surface area contributed by atoms with E-state index in [1.165, 1.54) is 0 Å². The van der Waals surface area contributed by atoms with Crippen molar-refractivity contribution in [2.45, 2.75) is 12.2 Å². The van der Waals surface area contributed by atoms with E-state index < -0.39 is 0 Å². The van der Waals surface area contributed by atoms with E-state index in [4.69, 9.17) is 9.47 Å². The minimum Gasteiger partial charge on any atom is -0.348 e. The van der Waals surface area contributed by atoms with Gasteiger partial charge in [0.05, 0.1) is 5.25 Å². The topological polar surface area (TPSA) is 18.5 Å². The van der Waals surface area contributed by atoms with Gasteiger partial charge in [-0.05, 0) is 6.92 Å². The lowest BCUT2D eigenvalue weighted by atomic mass is 10.5. The van der Waals surface area contributed by atoms with Crippen molar-refractivity contribution in [2.24, 2.45) is 0 Å². The third-order valence-electron chi connectivity index (χ3n) is 0.743. The monoisotopic (exact) mass is 135 g/mol. The van der Waals surface area contributed by atoms with Crippen LogP contribution in [-0.2, 0) is 9.47 Å². The van der Waals surface area contributed by atoms with Gasteiger partial charge in [0.25, 0.3) is 0 Å². The van der Waals surface area contributed by atoms with Gasteiger partial charge in [-0.25, -0.2) is 0 Å². The Hall–Kier alpha value is 0.270. The summed E-state index contributed by atoms with van der Waals surface area (Å²) in [6.07, 6.45) is 0.549. The molecule has 49 valence electrons.